The van der Waals surface area contributed by atoms with Crippen LogP contribution in [0.3, 0.4) is 0 Å². The van der Waals surface area contributed by atoms with E-state index >= 15 is 0 Å². The lowest BCUT2D eigenvalue weighted by Gasteiger charge is -2.09. The minimum Gasteiger partial charge on any atom is -0.325 e. The van der Waals surface area contributed by atoms with Gasteiger partial charge in [0.1, 0.15) is 11.6 Å². The Bertz CT molecular complexity index is 1080. The number of anilines is 2. The van der Waals surface area contributed by atoms with Crippen molar-refractivity contribution in [3.63, 3.8) is 0 Å². The summed E-state index contributed by atoms with van der Waals surface area (Å²) >= 11 is 1.21. The van der Waals surface area contributed by atoms with Crippen LogP contribution < -0.4 is 10.6 Å². The number of carbonyl (C=O) groups is 2. The van der Waals surface area contributed by atoms with Crippen molar-refractivity contribution in [3.05, 3.63) is 65.2 Å². The number of benzene rings is 2. The van der Waals surface area contributed by atoms with Crippen molar-refractivity contribution < 1.29 is 14.0 Å². The fourth-order valence-electron chi connectivity index (χ4n) is 2.76. The van der Waals surface area contributed by atoms with E-state index in [0.717, 1.165) is 11.3 Å². The fraction of sp³-hybridized carbons (Fsp3) is 0.238. The van der Waals surface area contributed by atoms with E-state index in [2.05, 4.69) is 20.8 Å². The molecule has 0 aliphatic carbocycles. The van der Waals surface area contributed by atoms with Gasteiger partial charge in [0.2, 0.25) is 11.8 Å². The molecule has 30 heavy (non-hydrogen) atoms. The fourth-order valence-corrected chi connectivity index (χ4v) is 3.49. The van der Waals surface area contributed by atoms with Crippen molar-refractivity contribution in [1.29, 1.82) is 0 Å². The van der Waals surface area contributed by atoms with Crippen molar-refractivity contribution >= 4 is 35.0 Å². The zero-order valence-corrected chi connectivity index (χ0v) is 17.7. The molecule has 3 aromatic rings. The summed E-state index contributed by atoms with van der Waals surface area (Å²) < 4.78 is 14.9. The number of rotatable bonds is 7. The van der Waals surface area contributed by atoms with Gasteiger partial charge in [-0.1, -0.05) is 30.0 Å². The molecule has 0 atom stereocenters. The van der Waals surface area contributed by atoms with E-state index in [1.165, 1.54) is 30.0 Å². The zero-order valence-electron chi connectivity index (χ0n) is 16.9. The molecule has 2 amide bonds. The molecule has 3 rings (SSSR count). The van der Waals surface area contributed by atoms with E-state index in [1.54, 1.807) is 18.5 Å². The summed E-state index contributed by atoms with van der Waals surface area (Å²) in [5.74, 6) is -0.174. The Morgan fingerprint density at radius 2 is 1.70 bits per heavy atom. The van der Waals surface area contributed by atoms with Gasteiger partial charge in [0, 0.05) is 18.4 Å². The number of hydrogen-bond donors (Lipinski definition) is 2. The molecule has 0 radical (unpaired) electrons. The number of thioether (sulfide) groups is 1. The Kier molecular flexibility index (Phi) is 6.83. The van der Waals surface area contributed by atoms with Gasteiger partial charge >= 0.3 is 0 Å². The number of nitrogens with zero attached hydrogens (tertiary/aromatic N) is 3. The van der Waals surface area contributed by atoms with Crippen LogP contribution in [-0.4, -0.2) is 32.3 Å². The van der Waals surface area contributed by atoms with Gasteiger partial charge < -0.3 is 15.2 Å². The largest absolute Gasteiger partial charge is 0.325 e. The number of aromatic nitrogens is 3. The molecule has 1 aromatic heterocycles. The molecule has 0 aliphatic heterocycles. The van der Waals surface area contributed by atoms with Crippen molar-refractivity contribution in [2.75, 3.05) is 16.4 Å². The van der Waals surface area contributed by atoms with E-state index < -0.39 is 0 Å². The summed E-state index contributed by atoms with van der Waals surface area (Å²) in [5, 5.41) is 14.3. The molecule has 2 aromatic carbocycles. The van der Waals surface area contributed by atoms with Gasteiger partial charge in [0.05, 0.1) is 12.2 Å². The summed E-state index contributed by atoms with van der Waals surface area (Å²) in [6.45, 7) is 3.65. The molecule has 2 N–H and O–H groups in total. The maximum atomic E-state index is 13.2. The van der Waals surface area contributed by atoms with Crippen LogP contribution in [0.15, 0.2) is 47.6 Å². The smallest absolute Gasteiger partial charge is 0.234 e. The van der Waals surface area contributed by atoms with E-state index in [9.17, 15) is 14.0 Å². The molecule has 7 nitrogen and oxygen atoms in total. The van der Waals surface area contributed by atoms with Crippen LogP contribution in [-0.2, 0) is 23.1 Å². The number of halogens is 1. The number of amides is 2. The monoisotopic (exact) mass is 427 g/mol. The summed E-state index contributed by atoms with van der Waals surface area (Å²) in [6.07, 6.45) is 0.0688. The molecule has 0 unspecified atom stereocenters. The number of hydrogen-bond acceptors (Lipinski definition) is 5. The maximum Gasteiger partial charge on any atom is 0.234 e. The normalized spacial score (nSPS) is 10.7. The molecular formula is C21H22FN5O2S. The molecule has 0 spiro atoms. The highest BCUT2D eigenvalue weighted by Gasteiger charge is 2.15. The van der Waals surface area contributed by atoms with Gasteiger partial charge in [-0.25, -0.2) is 4.39 Å². The standard InChI is InChI=1S/C21H22FN5O2S/c1-13-6-4-5-7-16(13)23-19(28)11-18-25-26-21(27(18)3)30-12-20(29)24-17-9-8-15(22)10-14(17)2/h4-10H,11-12H2,1-3H3,(H,23,28)(H,24,29). The second-order valence-corrected chi connectivity index (χ2v) is 7.74. The highest BCUT2D eigenvalue weighted by atomic mass is 32.2. The van der Waals surface area contributed by atoms with Crippen LogP contribution in [0, 0.1) is 19.7 Å². The first-order chi connectivity index (χ1) is 14.3. The molecular weight excluding hydrogens is 405 g/mol. The Hall–Kier alpha value is -3.20. The van der Waals surface area contributed by atoms with Crippen LogP contribution in [0.5, 0.6) is 0 Å². The topological polar surface area (TPSA) is 88.9 Å². The molecule has 1 heterocycles. The zero-order chi connectivity index (χ0) is 21.7. The average Bonchev–Trinajstić information content (AvgIpc) is 3.04. The third-order valence-corrected chi connectivity index (χ3v) is 5.48. The van der Waals surface area contributed by atoms with Crippen LogP contribution in [0.25, 0.3) is 0 Å². The van der Waals surface area contributed by atoms with E-state index in [-0.39, 0.29) is 29.8 Å². The average molecular weight is 428 g/mol. The van der Waals surface area contributed by atoms with Crippen molar-refractivity contribution in [2.45, 2.75) is 25.4 Å². The van der Waals surface area contributed by atoms with Crippen molar-refractivity contribution in [2.24, 2.45) is 7.05 Å². The van der Waals surface area contributed by atoms with Gasteiger partial charge in [-0.15, -0.1) is 10.2 Å². The molecule has 0 saturated heterocycles. The number of aryl methyl sites for hydroxylation is 2. The second kappa shape index (κ2) is 9.53. The van der Waals surface area contributed by atoms with Crippen LogP contribution in [0.1, 0.15) is 17.0 Å². The Morgan fingerprint density at radius 3 is 2.43 bits per heavy atom. The minimum atomic E-state index is -0.349. The maximum absolute atomic E-state index is 13.2. The number of nitrogens with one attached hydrogen (secondary N) is 2. The SMILES string of the molecule is Cc1cc(F)ccc1NC(=O)CSc1nnc(CC(=O)Nc2ccccc2C)n1C. The van der Waals surface area contributed by atoms with E-state index in [0.29, 0.717) is 22.2 Å². The highest BCUT2D eigenvalue weighted by molar-refractivity contribution is 7.99. The lowest BCUT2D eigenvalue weighted by molar-refractivity contribution is -0.116. The van der Waals surface area contributed by atoms with Gasteiger partial charge in [-0.05, 0) is 49.2 Å². The van der Waals surface area contributed by atoms with Crippen molar-refractivity contribution in [3.8, 4) is 0 Å². The van der Waals surface area contributed by atoms with Gasteiger partial charge in [0.15, 0.2) is 5.16 Å². The molecule has 0 aliphatic rings. The Balaban J connectivity index is 1.55. The predicted octanol–water partition coefficient (Wildman–Crippen LogP) is 3.48. The summed E-state index contributed by atoms with van der Waals surface area (Å²) in [7, 11) is 1.75. The first kappa shape index (κ1) is 21.5. The lowest BCUT2D eigenvalue weighted by atomic mass is 10.2. The summed E-state index contributed by atoms with van der Waals surface area (Å²) in [4.78, 5) is 24.5. The summed E-state index contributed by atoms with van der Waals surface area (Å²) in [6, 6.07) is 11.7. The third-order valence-electron chi connectivity index (χ3n) is 4.46. The predicted molar refractivity (Wildman–Crippen MR) is 115 cm³/mol. The quantitative estimate of drug-likeness (QED) is 0.564. The highest BCUT2D eigenvalue weighted by Crippen LogP contribution is 2.19. The first-order valence-electron chi connectivity index (χ1n) is 9.26. The van der Waals surface area contributed by atoms with Crippen LogP contribution in [0.4, 0.5) is 15.8 Å². The molecule has 0 fully saturated rings. The lowest BCUT2D eigenvalue weighted by Crippen LogP contribution is -2.18. The van der Waals surface area contributed by atoms with Crippen LogP contribution >= 0.6 is 11.8 Å². The van der Waals surface area contributed by atoms with E-state index in [1.807, 2.05) is 31.2 Å². The third kappa shape index (κ3) is 5.44. The second-order valence-electron chi connectivity index (χ2n) is 6.79. The molecule has 9 heteroatoms. The van der Waals surface area contributed by atoms with Crippen molar-refractivity contribution in [1.82, 2.24) is 14.8 Å². The van der Waals surface area contributed by atoms with Gasteiger partial charge in [0.25, 0.3) is 0 Å². The number of carbonyl (C=O) groups excluding carboxylic acids is 2. The first-order valence-corrected chi connectivity index (χ1v) is 10.2. The Morgan fingerprint density at radius 1 is 1.00 bits per heavy atom. The van der Waals surface area contributed by atoms with Gasteiger partial charge in [-0.2, -0.15) is 0 Å². The van der Waals surface area contributed by atoms with Crippen LogP contribution in [0.2, 0.25) is 0 Å². The molecule has 156 valence electrons. The van der Waals surface area contributed by atoms with E-state index in [4.69, 9.17) is 0 Å². The number of para-hydroxylation sites is 1. The minimum absolute atomic E-state index is 0.0688. The van der Waals surface area contributed by atoms with Gasteiger partial charge in [-0.3, -0.25) is 9.59 Å². The molecule has 0 saturated carbocycles. The Labute approximate surface area is 178 Å². The summed E-state index contributed by atoms with van der Waals surface area (Å²) in [5.41, 5.74) is 2.94. The molecule has 0 bridgehead atoms.